The van der Waals surface area contributed by atoms with Crippen LogP contribution >= 0.6 is 0 Å². The SMILES string of the molecule is CCn1cc(C(=O)O)nc1COc1ccccc1OC. The molecule has 1 aromatic carbocycles. The van der Waals surface area contributed by atoms with E-state index in [1.54, 1.807) is 23.8 Å². The summed E-state index contributed by atoms with van der Waals surface area (Å²) in [5.41, 5.74) is 0.0190. The van der Waals surface area contributed by atoms with Crippen LogP contribution in [0.2, 0.25) is 0 Å². The molecule has 0 amide bonds. The number of carboxylic acid groups (broad SMARTS) is 1. The van der Waals surface area contributed by atoms with Crippen LogP contribution in [0.25, 0.3) is 0 Å². The third-order valence-corrected chi connectivity index (χ3v) is 2.84. The van der Waals surface area contributed by atoms with Crippen molar-refractivity contribution in [1.82, 2.24) is 9.55 Å². The summed E-state index contributed by atoms with van der Waals surface area (Å²) in [7, 11) is 1.57. The fraction of sp³-hybridized carbons (Fsp3) is 0.286. The minimum Gasteiger partial charge on any atom is -0.493 e. The van der Waals surface area contributed by atoms with Gasteiger partial charge in [0.1, 0.15) is 12.4 Å². The van der Waals surface area contributed by atoms with Gasteiger partial charge in [-0.1, -0.05) is 12.1 Å². The van der Waals surface area contributed by atoms with Crippen molar-refractivity contribution in [3.8, 4) is 11.5 Å². The number of aromatic carboxylic acids is 1. The molecule has 0 aliphatic rings. The molecule has 0 aliphatic carbocycles. The Morgan fingerprint density at radius 1 is 1.35 bits per heavy atom. The third-order valence-electron chi connectivity index (χ3n) is 2.84. The van der Waals surface area contributed by atoms with Crippen LogP contribution in [-0.4, -0.2) is 27.7 Å². The smallest absolute Gasteiger partial charge is 0.356 e. The molecular weight excluding hydrogens is 260 g/mol. The van der Waals surface area contributed by atoms with Crippen LogP contribution in [0.5, 0.6) is 11.5 Å². The summed E-state index contributed by atoms with van der Waals surface area (Å²) >= 11 is 0. The lowest BCUT2D eigenvalue weighted by atomic mass is 10.3. The van der Waals surface area contributed by atoms with Crippen molar-refractivity contribution >= 4 is 5.97 Å². The molecule has 0 bridgehead atoms. The zero-order valence-electron chi connectivity index (χ0n) is 11.4. The molecule has 0 aliphatic heterocycles. The van der Waals surface area contributed by atoms with E-state index < -0.39 is 5.97 Å². The summed E-state index contributed by atoms with van der Waals surface area (Å²) in [6.07, 6.45) is 1.50. The zero-order valence-corrected chi connectivity index (χ0v) is 11.4. The standard InChI is InChI=1S/C14H16N2O4/c1-3-16-8-10(14(17)18)15-13(16)9-20-12-7-5-4-6-11(12)19-2/h4-8H,3,9H2,1-2H3,(H,17,18). The van der Waals surface area contributed by atoms with Crippen LogP contribution in [0.1, 0.15) is 23.2 Å². The van der Waals surface area contributed by atoms with Gasteiger partial charge in [-0.2, -0.15) is 0 Å². The number of nitrogens with zero attached hydrogens (tertiary/aromatic N) is 2. The predicted molar refractivity (Wildman–Crippen MR) is 72.2 cm³/mol. The predicted octanol–water partition coefficient (Wildman–Crippen LogP) is 2.19. The summed E-state index contributed by atoms with van der Waals surface area (Å²) in [5, 5.41) is 8.95. The van der Waals surface area contributed by atoms with Crippen molar-refractivity contribution in [3.63, 3.8) is 0 Å². The highest BCUT2D eigenvalue weighted by molar-refractivity contribution is 5.85. The van der Waals surface area contributed by atoms with E-state index in [2.05, 4.69) is 4.98 Å². The van der Waals surface area contributed by atoms with Gasteiger partial charge in [0.15, 0.2) is 17.2 Å². The molecule has 0 atom stereocenters. The number of ether oxygens (including phenoxy) is 2. The second-order valence-corrected chi connectivity index (χ2v) is 4.07. The molecule has 1 N–H and O–H groups in total. The molecule has 1 heterocycles. The first-order valence-corrected chi connectivity index (χ1v) is 6.20. The first-order valence-electron chi connectivity index (χ1n) is 6.20. The number of aromatic nitrogens is 2. The first kappa shape index (κ1) is 13.9. The van der Waals surface area contributed by atoms with Crippen LogP contribution in [0.3, 0.4) is 0 Å². The lowest BCUT2D eigenvalue weighted by Crippen LogP contribution is -2.06. The minimum atomic E-state index is -1.05. The van der Waals surface area contributed by atoms with Gasteiger partial charge in [-0.05, 0) is 19.1 Å². The highest BCUT2D eigenvalue weighted by Crippen LogP contribution is 2.26. The average molecular weight is 276 g/mol. The van der Waals surface area contributed by atoms with Gasteiger partial charge in [0.2, 0.25) is 0 Å². The summed E-state index contributed by atoms with van der Waals surface area (Å²) in [6, 6.07) is 7.27. The van der Waals surface area contributed by atoms with Crippen LogP contribution in [-0.2, 0) is 13.2 Å². The van der Waals surface area contributed by atoms with E-state index in [4.69, 9.17) is 14.6 Å². The molecule has 6 heteroatoms. The Morgan fingerprint density at radius 2 is 2.05 bits per heavy atom. The molecule has 0 saturated carbocycles. The van der Waals surface area contributed by atoms with Crippen LogP contribution < -0.4 is 9.47 Å². The number of methoxy groups -OCH3 is 1. The number of para-hydroxylation sites is 2. The average Bonchev–Trinajstić information content (AvgIpc) is 2.89. The quantitative estimate of drug-likeness (QED) is 0.875. The van der Waals surface area contributed by atoms with E-state index in [0.29, 0.717) is 23.9 Å². The molecule has 20 heavy (non-hydrogen) atoms. The second kappa shape index (κ2) is 6.10. The summed E-state index contributed by atoms with van der Waals surface area (Å²) in [4.78, 5) is 15.0. The van der Waals surface area contributed by atoms with Crippen molar-refractivity contribution in [2.24, 2.45) is 0 Å². The first-order chi connectivity index (χ1) is 9.65. The molecule has 106 valence electrons. The van der Waals surface area contributed by atoms with Gasteiger partial charge in [-0.15, -0.1) is 0 Å². The minimum absolute atomic E-state index is 0.0190. The monoisotopic (exact) mass is 276 g/mol. The summed E-state index contributed by atoms with van der Waals surface area (Å²) in [6.45, 7) is 2.73. The molecule has 2 rings (SSSR count). The maximum Gasteiger partial charge on any atom is 0.356 e. The van der Waals surface area contributed by atoms with E-state index in [0.717, 1.165) is 0 Å². The molecule has 1 aromatic heterocycles. The van der Waals surface area contributed by atoms with Gasteiger partial charge >= 0.3 is 5.97 Å². The van der Waals surface area contributed by atoms with Crippen molar-refractivity contribution < 1.29 is 19.4 Å². The van der Waals surface area contributed by atoms with Crippen molar-refractivity contribution in [3.05, 3.63) is 42.0 Å². The topological polar surface area (TPSA) is 73.6 Å². The highest BCUT2D eigenvalue weighted by Gasteiger charge is 2.13. The lowest BCUT2D eigenvalue weighted by Gasteiger charge is -2.10. The van der Waals surface area contributed by atoms with Crippen molar-refractivity contribution in [2.45, 2.75) is 20.1 Å². The van der Waals surface area contributed by atoms with Gasteiger partial charge in [0.25, 0.3) is 0 Å². The highest BCUT2D eigenvalue weighted by atomic mass is 16.5. The van der Waals surface area contributed by atoms with Gasteiger partial charge in [0.05, 0.1) is 7.11 Å². The molecule has 0 unspecified atom stereocenters. The van der Waals surface area contributed by atoms with E-state index in [9.17, 15) is 4.79 Å². The molecule has 6 nitrogen and oxygen atoms in total. The van der Waals surface area contributed by atoms with Crippen LogP contribution in [0, 0.1) is 0 Å². The van der Waals surface area contributed by atoms with Crippen LogP contribution in [0.15, 0.2) is 30.5 Å². The van der Waals surface area contributed by atoms with E-state index in [1.165, 1.54) is 6.20 Å². The maximum absolute atomic E-state index is 10.9. The van der Waals surface area contributed by atoms with Crippen molar-refractivity contribution in [1.29, 1.82) is 0 Å². The van der Waals surface area contributed by atoms with Gasteiger partial charge < -0.3 is 19.1 Å². The molecule has 0 spiro atoms. The molecular formula is C14H16N2O4. The maximum atomic E-state index is 10.9. The van der Waals surface area contributed by atoms with E-state index >= 15 is 0 Å². The number of carbonyl (C=O) groups is 1. The summed E-state index contributed by atoms with van der Waals surface area (Å²) in [5.74, 6) is 0.740. The Morgan fingerprint density at radius 3 is 2.65 bits per heavy atom. The Balaban J connectivity index is 2.16. The van der Waals surface area contributed by atoms with E-state index in [1.807, 2.05) is 19.1 Å². The Labute approximate surface area is 116 Å². The third kappa shape index (κ3) is 2.90. The fourth-order valence-corrected chi connectivity index (χ4v) is 1.83. The Bertz CT molecular complexity index is 607. The second-order valence-electron chi connectivity index (χ2n) is 4.07. The van der Waals surface area contributed by atoms with Gasteiger partial charge in [-0.25, -0.2) is 9.78 Å². The molecule has 0 fully saturated rings. The lowest BCUT2D eigenvalue weighted by molar-refractivity contribution is 0.0690. The number of benzene rings is 1. The molecule has 2 aromatic rings. The van der Waals surface area contributed by atoms with Gasteiger partial charge in [0, 0.05) is 12.7 Å². The number of rotatable bonds is 6. The number of imidazole rings is 1. The summed E-state index contributed by atoms with van der Waals surface area (Å²) < 4.78 is 12.6. The number of hydrogen-bond donors (Lipinski definition) is 1. The molecule has 0 saturated heterocycles. The molecule has 0 radical (unpaired) electrons. The number of aryl methyl sites for hydroxylation is 1. The van der Waals surface area contributed by atoms with Crippen LogP contribution in [0.4, 0.5) is 0 Å². The van der Waals surface area contributed by atoms with Crippen molar-refractivity contribution in [2.75, 3.05) is 7.11 Å². The number of carboxylic acids is 1. The number of hydrogen-bond acceptors (Lipinski definition) is 4. The van der Waals surface area contributed by atoms with E-state index in [-0.39, 0.29) is 12.3 Å². The normalized spacial score (nSPS) is 10.3. The Kier molecular flexibility index (Phi) is 4.24. The Hall–Kier alpha value is -2.50. The van der Waals surface area contributed by atoms with Gasteiger partial charge in [-0.3, -0.25) is 0 Å². The zero-order chi connectivity index (χ0) is 14.5. The largest absolute Gasteiger partial charge is 0.493 e. The fourth-order valence-electron chi connectivity index (χ4n) is 1.83.